The molecule has 0 bridgehead atoms. The zero-order chi connectivity index (χ0) is 15.4. The van der Waals surface area contributed by atoms with Crippen molar-refractivity contribution in [1.82, 2.24) is 5.16 Å². The van der Waals surface area contributed by atoms with Crippen molar-refractivity contribution in [3.63, 3.8) is 0 Å². The zero-order valence-electron chi connectivity index (χ0n) is 12.3. The van der Waals surface area contributed by atoms with Crippen molar-refractivity contribution in [3.8, 4) is 0 Å². The molecule has 0 saturated heterocycles. The normalized spacial score (nSPS) is 10.7. The van der Waals surface area contributed by atoms with Crippen LogP contribution in [0.25, 0.3) is 0 Å². The van der Waals surface area contributed by atoms with Gasteiger partial charge >= 0.3 is 0 Å². The lowest BCUT2D eigenvalue weighted by molar-refractivity contribution is -0.115. The van der Waals surface area contributed by atoms with E-state index < -0.39 is 0 Å². The first-order valence-electron chi connectivity index (χ1n) is 6.69. The maximum absolute atomic E-state index is 12.9. The molecule has 1 N–H and O–H groups in total. The molecule has 1 amide bonds. The van der Waals surface area contributed by atoms with E-state index in [4.69, 9.17) is 4.52 Å². The molecule has 6 heteroatoms. The van der Waals surface area contributed by atoms with Crippen LogP contribution in [0.3, 0.4) is 0 Å². The van der Waals surface area contributed by atoms with Gasteiger partial charge in [0.05, 0.1) is 12.2 Å². The number of nitrogens with zero attached hydrogens (tertiary/aromatic N) is 2. The molecule has 0 saturated carbocycles. The van der Waals surface area contributed by atoms with E-state index in [9.17, 15) is 9.18 Å². The third-order valence-electron chi connectivity index (χ3n) is 3.03. The Bertz CT molecular complexity index is 608. The molecular formula is C15H18FN3O2. The van der Waals surface area contributed by atoms with E-state index in [1.807, 2.05) is 13.8 Å². The molecule has 0 aliphatic heterocycles. The van der Waals surface area contributed by atoms with Crippen molar-refractivity contribution >= 4 is 17.5 Å². The summed E-state index contributed by atoms with van der Waals surface area (Å²) in [5.41, 5.74) is 1.55. The number of aromatic nitrogens is 1. The van der Waals surface area contributed by atoms with Crippen molar-refractivity contribution in [2.75, 3.05) is 23.8 Å². The van der Waals surface area contributed by atoms with Crippen molar-refractivity contribution in [1.29, 1.82) is 0 Å². The number of carbonyl (C=O) groups excluding carboxylic acids is 1. The van der Waals surface area contributed by atoms with E-state index in [0.717, 1.165) is 11.4 Å². The summed E-state index contributed by atoms with van der Waals surface area (Å²) in [4.78, 5) is 13.6. The summed E-state index contributed by atoms with van der Waals surface area (Å²) in [5, 5.41) is 6.52. The van der Waals surface area contributed by atoms with E-state index >= 15 is 0 Å². The summed E-state index contributed by atoms with van der Waals surface area (Å²) < 4.78 is 17.9. The number of carbonyl (C=O) groups is 1. The molecule has 2 rings (SSSR count). The van der Waals surface area contributed by atoms with Crippen molar-refractivity contribution in [3.05, 3.63) is 41.8 Å². The lowest BCUT2D eigenvalue weighted by Crippen LogP contribution is -2.29. The van der Waals surface area contributed by atoms with Crippen LogP contribution in [0.2, 0.25) is 0 Å². The van der Waals surface area contributed by atoms with Gasteiger partial charge in [0.2, 0.25) is 11.8 Å². The SMILES string of the molecule is CC(C)c1cc(NC(=O)CN(C)c2ccc(F)cc2)on1. The van der Waals surface area contributed by atoms with Gasteiger partial charge in [-0.25, -0.2) is 4.39 Å². The Morgan fingerprint density at radius 1 is 1.38 bits per heavy atom. The van der Waals surface area contributed by atoms with Crippen LogP contribution in [0.15, 0.2) is 34.9 Å². The van der Waals surface area contributed by atoms with Gasteiger partial charge in [-0.15, -0.1) is 0 Å². The van der Waals surface area contributed by atoms with Crippen LogP contribution in [0, 0.1) is 5.82 Å². The Morgan fingerprint density at radius 2 is 2.05 bits per heavy atom. The summed E-state index contributed by atoms with van der Waals surface area (Å²) in [7, 11) is 1.76. The Labute approximate surface area is 122 Å². The number of likely N-dealkylation sites (N-methyl/N-ethyl adjacent to an activating group) is 1. The minimum absolute atomic E-state index is 0.128. The predicted molar refractivity (Wildman–Crippen MR) is 78.9 cm³/mol. The van der Waals surface area contributed by atoms with Crippen LogP contribution in [-0.4, -0.2) is 24.7 Å². The van der Waals surface area contributed by atoms with E-state index in [0.29, 0.717) is 5.88 Å². The van der Waals surface area contributed by atoms with Gasteiger partial charge in [0.25, 0.3) is 0 Å². The molecule has 112 valence electrons. The maximum Gasteiger partial charge on any atom is 0.246 e. The van der Waals surface area contributed by atoms with Crippen LogP contribution in [0.4, 0.5) is 16.0 Å². The lowest BCUT2D eigenvalue weighted by Gasteiger charge is -2.18. The number of amides is 1. The summed E-state index contributed by atoms with van der Waals surface area (Å²) in [5.74, 6) is 0.0326. The monoisotopic (exact) mass is 291 g/mol. The highest BCUT2D eigenvalue weighted by Gasteiger charge is 2.12. The van der Waals surface area contributed by atoms with Crippen LogP contribution in [-0.2, 0) is 4.79 Å². The molecule has 2 aromatic rings. The van der Waals surface area contributed by atoms with Crippen LogP contribution < -0.4 is 10.2 Å². The van der Waals surface area contributed by atoms with Gasteiger partial charge in [-0.2, -0.15) is 0 Å². The van der Waals surface area contributed by atoms with Gasteiger partial charge in [0.1, 0.15) is 5.82 Å². The smallest absolute Gasteiger partial charge is 0.246 e. The molecule has 0 unspecified atom stereocenters. The minimum atomic E-state index is -0.306. The van der Waals surface area contributed by atoms with Gasteiger partial charge in [-0.3, -0.25) is 10.1 Å². The van der Waals surface area contributed by atoms with Crippen molar-refractivity contribution in [2.24, 2.45) is 0 Å². The second-order valence-electron chi connectivity index (χ2n) is 5.15. The van der Waals surface area contributed by atoms with Crippen LogP contribution in [0.1, 0.15) is 25.5 Å². The number of nitrogens with one attached hydrogen (secondary N) is 1. The second-order valence-corrected chi connectivity index (χ2v) is 5.15. The molecule has 1 heterocycles. The molecular weight excluding hydrogens is 273 g/mol. The summed E-state index contributed by atoms with van der Waals surface area (Å²) >= 11 is 0. The fourth-order valence-electron chi connectivity index (χ4n) is 1.80. The van der Waals surface area contributed by atoms with E-state index in [1.165, 1.54) is 12.1 Å². The molecule has 0 fully saturated rings. The van der Waals surface area contributed by atoms with Gasteiger partial charge in [-0.1, -0.05) is 19.0 Å². The van der Waals surface area contributed by atoms with E-state index in [-0.39, 0.29) is 24.2 Å². The Hall–Kier alpha value is -2.37. The molecule has 1 aromatic heterocycles. The lowest BCUT2D eigenvalue weighted by atomic mass is 10.1. The van der Waals surface area contributed by atoms with E-state index in [2.05, 4.69) is 10.5 Å². The first kappa shape index (κ1) is 15.0. The fourth-order valence-corrected chi connectivity index (χ4v) is 1.80. The van der Waals surface area contributed by atoms with E-state index in [1.54, 1.807) is 30.1 Å². The number of rotatable bonds is 5. The third-order valence-corrected chi connectivity index (χ3v) is 3.03. The molecule has 21 heavy (non-hydrogen) atoms. The first-order chi connectivity index (χ1) is 9.95. The Balaban J connectivity index is 1.93. The molecule has 0 radical (unpaired) electrons. The number of anilines is 2. The topological polar surface area (TPSA) is 58.4 Å². The summed E-state index contributed by atoms with van der Waals surface area (Å²) in [6, 6.07) is 7.66. The third kappa shape index (κ3) is 4.05. The standard InChI is InChI=1S/C15H18FN3O2/c1-10(2)13-8-15(21-18-13)17-14(20)9-19(3)12-6-4-11(16)5-7-12/h4-8,10H,9H2,1-3H3,(H,17,20). The molecule has 0 aliphatic rings. The maximum atomic E-state index is 12.9. The Morgan fingerprint density at radius 3 is 2.62 bits per heavy atom. The molecule has 0 aliphatic carbocycles. The predicted octanol–water partition coefficient (Wildman–Crippen LogP) is 3.01. The fraction of sp³-hybridized carbons (Fsp3) is 0.333. The van der Waals surface area contributed by atoms with Gasteiger partial charge in [0.15, 0.2) is 0 Å². The number of benzene rings is 1. The van der Waals surface area contributed by atoms with Gasteiger partial charge in [0, 0.05) is 18.8 Å². The van der Waals surface area contributed by atoms with Gasteiger partial charge in [-0.05, 0) is 30.2 Å². The highest BCUT2D eigenvalue weighted by Crippen LogP contribution is 2.18. The number of hydrogen-bond acceptors (Lipinski definition) is 4. The molecule has 1 aromatic carbocycles. The van der Waals surface area contributed by atoms with Gasteiger partial charge < -0.3 is 9.42 Å². The quantitative estimate of drug-likeness (QED) is 0.920. The first-order valence-corrected chi connectivity index (χ1v) is 6.69. The Kier molecular flexibility index (Phi) is 4.57. The van der Waals surface area contributed by atoms with Crippen LogP contribution >= 0.6 is 0 Å². The minimum Gasteiger partial charge on any atom is -0.365 e. The summed E-state index contributed by atoms with van der Waals surface area (Å²) in [6.45, 7) is 4.11. The summed E-state index contributed by atoms with van der Waals surface area (Å²) in [6.07, 6.45) is 0. The average molecular weight is 291 g/mol. The average Bonchev–Trinajstić information content (AvgIpc) is 2.87. The zero-order valence-corrected chi connectivity index (χ0v) is 12.3. The second kappa shape index (κ2) is 6.39. The number of halogens is 1. The molecule has 0 atom stereocenters. The molecule has 0 spiro atoms. The van der Waals surface area contributed by atoms with Crippen molar-refractivity contribution in [2.45, 2.75) is 19.8 Å². The largest absolute Gasteiger partial charge is 0.365 e. The van der Waals surface area contributed by atoms with Crippen LogP contribution in [0.5, 0.6) is 0 Å². The number of hydrogen-bond donors (Lipinski definition) is 1. The highest BCUT2D eigenvalue weighted by atomic mass is 19.1. The highest BCUT2D eigenvalue weighted by molar-refractivity contribution is 5.92. The molecule has 5 nitrogen and oxygen atoms in total. The van der Waals surface area contributed by atoms with Crippen molar-refractivity contribution < 1.29 is 13.7 Å².